The number of carbonyl (C=O) groups is 1. The SMILES string of the molecule is CC(CCNS(=O)(=O)c1cc(Cl)ccc1C#N)C(=O)O. The van der Waals surface area contributed by atoms with Gasteiger partial charge in [-0.25, -0.2) is 13.1 Å². The van der Waals surface area contributed by atoms with E-state index in [0.29, 0.717) is 0 Å². The summed E-state index contributed by atoms with van der Waals surface area (Å²) in [7, 11) is -3.90. The second kappa shape index (κ2) is 6.70. The number of hydrogen-bond donors (Lipinski definition) is 2. The Morgan fingerprint density at radius 3 is 2.75 bits per heavy atom. The molecule has 1 aromatic carbocycles. The van der Waals surface area contributed by atoms with Gasteiger partial charge in [-0.3, -0.25) is 4.79 Å². The van der Waals surface area contributed by atoms with E-state index >= 15 is 0 Å². The van der Waals surface area contributed by atoms with Gasteiger partial charge in [0.1, 0.15) is 11.0 Å². The molecule has 0 radical (unpaired) electrons. The summed E-state index contributed by atoms with van der Waals surface area (Å²) in [5.41, 5.74) is -0.0202. The number of halogens is 1. The molecule has 0 saturated carbocycles. The lowest BCUT2D eigenvalue weighted by Crippen LogP contribution is -2.27. The second-order valence-corrected chi connectivity index (χ2v) is 6.35. The highest BCUT2D eigenvalue weighted by Gasteiger charge is 2.20. The Morgan fingerprint density at radius 2 is 2.20 bits per heavy atom. The number of hydrogen-bond acceptors (Lipinski definition) is 4. The fraction of sp³-hybridized carbons (Fsp3) is 0.333. The topological polar surface area (TPSA) is 107 Å². The van der Waals surface area contributed by atoms with Gasteiger partial charge in [-0.1, -0.05) is 18.5 Å². The summed E-state index contributed by atoms with van der Waals surface area (Å²) < 4.78 is 26.4. The van der Waals surface area contributed by atoms with Crippen LogP contribution in [0.25, 0.3) is 0 Å². The Bertz CT molecular complexity index is 652. The molecule has 0 amide bonds. The molecule has 1 unspecified atom stereocenters. The van der Waals surface area contributed by atoms with Gasteiger partial charge >= 0.3 is 5.97 Å². The first-order valence-electron chi connectivity index (χ1n) is 5.70. The molecule has 8 heteroatoms. The first kappa shape index (κ1) is 16.4. The van der Waals surface area contributed by atoms with Gasteiger partial charge in [0.2, 0.25) is 10.0 Å². The molecule has 20 heavy (non-hydrogen) atoms. The van der Waals surface area contributed by atoms with Crippen LogP contribution in [0.2, 0.25) is 5.02 Å². The molecule has 1 atom stereocenters. The molecule has 0 heterocycles. The molecule has 0 aliphatic heterocycles. The highest BCUT2D eigenvalue weighted by molar-refractivity contribution is 7.89. The average molecular weight is 317 g/mol. The van der Waals surface area contributed by atoms with Crippen molar-refractivity contribution in [3.8, 4) is 6.07 Å². The van der Waals surface area contributed by atoms with Gasteiger partial charge in [-0.05, 0) is 24.6 Å². The minimum Gasteiger partial charge on any atom is -0.481 e. The third-order valence-corrected chi connectivity index (χ3v) is 4.38. The zero-order valence-electron chi connectivity index (χ0n) is 10.6. The van der Waals surface area contributed by atoms with Crippen LogP contribution in [0.3, 0.4) is 0 Å². The van der Waals surface area contributed by atoms with E-state index in [0.717, 1.165) is 0 Å². The zero-order valence-corrected chi connectivity index (χ0v) is 12.2. The normalized spacial score (nSPS) is 12.7. The molecule has 1 rings (SSSR count). The van der Waals surface area contributed by atoms with Crippen LogP contribution < -0.4 is 4.72 Å². The zero-order chi connectivity index (χ0) is 15.3. The largest absolute Gasteiger partial charge is 0.481 e. The second-order valence-electron chi connectivity index (χ2n) is 4.18. The van der Waals surface area contributed by atoms with Gasteiger partial charge in [-0.15, -0.1) is 0 Å². The highest BCUT2D eigenvalue weighted by atomic mass is 35.5. The van der Waals surface area contributed by atoms with Crippen molar-refractivity contribution in [2.24, 2.45) is 5.92 Å². The van der Waals surface area contributed by atoms with E-state index in [-0.39, 0.29) is 28.4 Å². The Balaban J connectivity index is 2.87. The molecular weight excluding hydrogens is 304 g/mol. The van der Waals surface area contributed by atoms with Gasteiger partial charge in [0.05, 0.1) is 11.5 Å². The standard InChI is InChI=1S/C12H13ClN2O4S/c1-8(12(16)17)4-5-15-20(18,19)11-6-10(13)3-2-9(11)7-14/h2-3,6,8,15H,4-5H2,1H3,(H,16,17). The van der Waals surface area contributed by atoms with Crippen LogP contribution in [0.1, 0.15) is 18.9 Å². The molecule has 2 N–H and O–H groups in total. The van der Waals surface area contributed by atoms with Crippen molar-refractivity contribution < 1.29 is 18.3 Å². The lowest BCUT2D eigenvalue weighted by Gasteiger charge is -2.10. The fourth-order valence-electron chi connectivity index (χ4n) is 1.42. The third kappa shape index (κ3) is 4.20. The predicted octanol–water partition coefficient (Wildman–Crippen LogP) is 1.60. The van der Waals surface area contributed by atoms with Crippen LogP contribution in [0.5, 0.6) is 0 Å². The molecule has 0 aromatic heterocycles. The highest BCUT2D eigenvalue weighted by Crippen LogP contribution is 2.20. The summed E-state index contributed by atoms with van der Waals surface area (Å²) in [6.07, 6.45) is 0.150. The van der Waals surface area contributed by atoms with Gasteiger partial charge in [-0.2, -0.15) is 5.26 Å². The molecule has 0 bridgehead atoms. The number of rotatable bonds is 6. The number of benzene rings is 1. The van der Waals surface area contributed by atoms with Crippen molar-refractivity contribution in [3.05, 3.63) is 28.8 Å². The molecular formula is C12H13ClN2O4S. The monoisotopic (exact) mass is 316 g/mol. The van der Waals surface area contributed by atoms with Gasteiger partial charge < -0.3 is 5.11 Å². The van der Waals surface area contributed by atoms with E-state index in [4.69, 9.17) is 22.0 Å². The molecule has 6 nitrogen and oxygen atoms in total. The maximum absolute atomic E-state index is 12.0. The molecule has 108 valence electrons. The fourth-order valence-corrected chi connectivity index (χ4v) is 2.89. The minimum atomic E-state index is -3.90. The number of aliphatic carboxylic acids is 1. The lowest BCUT2D eigenvalue weighted by atomic mass is 10.1. The number of nitrogens with zero attached hydrogens (tertiary/aromatic N) is 1. The van der Waals surface area contributed by atoms with Crippen molar-refractivity contribution in [1.29, 1.82) is 5.26 Å². The quantitative estimate of drug-likeness (QED) is 0.829. The summed E-state index contributed by atoms with van der Waals surface area (Å²) in [5.74, 6) is -1.66. The van der Waals surface area contributed by atoms with Crippen LogP contribution in [0.4, 0.5) is 0 Å². The third-order valence-electron chi connectivity index (χ3n) is 2.64. The van der Waals surface area contributed by atoms with Crippen molar-refractivity contribution >= 4 is 27.6 Å². The lowest BCUT2D eigenvalue weighted by molar-refractivity contribution is -0.141. The number of nitriles is 1. The number of sulfonamides is 1. The van der Waals surface area contributed by atoms with E-state index in [9.17, 15) is 13.2 Å². The number of carboxylic acids is 1. The maximum atomic E-state index is 12.0. The first-order chi connectivity index (χ1) is 9.27. The Morgan fingerprint density at radius 1 is 1.55 bits per heavy atom. The van der Waals surface area contributed by atoms with Crippen LogP contribution in [-0.4, -0.2) is 26.0 Å². The van der Waals surface area contributed by atoms with Gasteiger partial charge in [0, 0.05) is 11.6 Å². The Kier molecular flexibility index (Phi) is 5.51. The van der Waals surface area contributed by atoms with Crippen molar-refractivity contribution in [2.75, 3.05) is 6.54 Å². The number of nitrogens with one attached hydrogen (secondary N) is 1. The molecule has 0 spiro atoms. The summed E-state index contributed by atoms with van der Waals surface area (Å²) in [5, 5.41) is 17.8. The average Bonchev–Trinajstić information content (AvgIpc) is 2.38. The maximum Gasteiger partial charge on any atom is 0.306 e. The van der Waals surface area contributed by atoms with Gasteiger partial charge in [0.15, 0.2) is 0 Å². The molecule has 0 aliphatic carbocycles. The van der Waals surface area contributed by atoms with E-state index < -0.39 is 21.9 Å². The Labute approximate surface area is 122 Å². The van der Waals surface area contributed by atoms with Gasteiger partial charge in [0.25, 0.3) is 0 Å². The Hall–Kier alpha value is -1.62. The van der Waals surface area contributed by atoms with E-state index in [1.165, 1.54) is 25.1 Å². The van der Waals surface area contributed by atoms with Crippen LogP contribution in [0.15, 0.2) is 23.1 Å². The van der Waals surface area contributed by atoms with E-state index in [1.54, 1.807) is 6.07 Å². The summed E-state index contributed by atoms with van der Waals surface area (Å²) >= 11 is 5.73. The minimum absolute atomic E-state index is 0.0202. The number of carboxylic acid groups (broad SMARTS) is 1. The van der Waals surface area contributed by atoms with Crippen LogP contribution in [0, 0.1) is 17.2 Å². The van der Waals surface area contributed by atoms with Crippen LogP contribution in [-0.2, 0) is 14.8 Å². The van der Waals surface area contributed by atoms with Crippen molar-refractivity contribution in [2.45, 2.75) is 18.2 Å². The molecule has 0 saturated heterocycles. The molecule has 0 aliphatic rings. The summed E-state index contributed by atoms with van der Waals surface area (Å²) in [4.78, 5) is 10.4. The van der Waals surface area contributed by atoms with Crippen molar-refractivity contribution in [1.82, 2.24) is 4.72 Å². The van der Waals surface area contributed by atoms with E-state index in [2.05, 4.69) is 4.72 Å². The summed E-state index contributed by atoms with van der Waals surface area (Å²) in [6.45, 7) is 1.45. The molecule has 0 fully saturated rings. The predicted molar refractivity (Wildman–Crippen MR) is 72.8 cm³/mol. The summed E-state index contributed by atoms with van der Waals surface area (Å²) in [6, 6.07) is 5.70. The first-order valence-corrected chi connectivity index (χ1v) is 7.56. The molecule has 1 aromatic rings. The van der Waals surface area contributed by atoms with E-state index in [1.807, 2.05) is 0 Å². The van der Waals surface area contributed by atoms with Crippen molar-refractivity contribution in [3.63, 3.8) is 0 Å². The smallest absolute Gasteiger partial charge is 0.306 e. The van der Waals surface area contributed by atoms with Crippen LogP contribution >= 0.6 is 11.6 Å².